The minimum atomic E-state index is -0.570. The van der Waals surface area contributed by atoms with Crippen LogP contribution in [-0.4, -0.2) is 32.2 Å². The minimum absolute atomic E-state index is 0.244. The molecule has 0 bridgehead atoms. The SMILES string of the molecule is CC(C)(C)OC(=O)NCc1ccc(C(=O)Nc2ccc(Nc3nc(-c4ccc5cc(OCc6ccccc6)ccc5c4)cc4ccnn34)cc2)cc1. The summed E-state index contributed by atoms with van der Waals surface area (Å²) in [6.45, 7) is 6.24. The van der Waals surface area contributed by atoms with E-state index in [-0.39, 0.29) is 5.91 Å². The summed E-state index contributed by atoms with van der Waals surface area (Å²) >= 11 is 0. The molecule has 0 aliphatic carbocycles. The minimum Gasteiger partial charge on any atom is -0.489 e. The van der Waals surface area contributed by atoms with Crippen LogP contribution >= 0.6 is 0 Å². The number of hydrogen-bond acceptors (Lipinski definition) is 7. The zero-order chi connectivity index (χ0) is 36.1. The number of nitrogens with one attached hydrogen (secondary N) is 3. The lowest BCUT2D eigenvalue weighted by atomic mass is 10.0. The third kappa shape index (κ3) is 8.36. The number of aromatic nitrogens is 3. The molecular weight excluding hydrogens is 652 g/mol. The lowest BCUT2D eigenvalue weighted by Crippen LogP contribution is -2.32. The molecule has 0 unspecified atom stereocenters. The van der Waals surface area contributed by atoms with Gasteiger partial charge in [-0.25, -0.2) is 14.3 Å². The van der Waals surface area contributed by atoms with E-state index < -0.39 is 11.7 Å². The normalized spacial score (nSPS) is 11.3. The van der Waals surface area contributed by atoms with E-state index in [0.29, 0.717) is 30.4 Å². The number of amides is 2. The van der Waals surface area contributed by atoms with Crippen molar-refractivity contribution in [3.63, 3.8) is 0 Å². The molecule has 3 N–H and O–H groups in total. The van der Waals surface area contributed by atoms with E-state index in [4.69, 9.17) is 14.5 Å². The smallest absolute Gasteiger partial charge is 0.407 e. The van der Waals surface area contributed by atoms with Gasteiger partial charge in [-0.3, -0.25) is 4.79 Å². The molecule has 0 aliphatic rings. The number of ether oxygens (including phenoxy) is 2. The zero-order valence-electron chi connectivity index (χ0n) is 29.1. The number of fused-ring (bicyclic) bond motifs is 2. The largest absolute Gasteiger partial charge is 0.489 e. The third-order valence-electron chi connectivity index (χ3n) is 8.19. The molecular formula is C42H38N6O4. The van der Waals surface area contributed by atoms with E-state index in [2.05, 4.69) is 63.5 Å². The van der Waals surface area contributed by atoms with Gasteiger partial charge in [0.25, 0.3) is 5.91 Å². The first-order chi connectivity index (χ1) is 25.1. The lowest BCUT2D eigenvalue weighted by molar-refractivity contribution is 0.0523. The summed E-state index contributed by atoms with van der Waals surface area (Å²) in [6.07, 6.45) is 1.25. The second-order valence-electron chi connectivity index (χ2n) is 13.3. The fourth-order valence-electron chi connectivity index (χ4n) is 5.61. The first kappa shape index (κ1) is 33.8. The molecule has 2 aromatic heterocycles. The second kappa shape index (κ2) is 14.7. The summed E-state index contributed by atoms with van der Waals surface area (Å²) < 4.78 is 13.1. The summed E-state index contributed by atoms with van der Waals surface area (Å²) in [5.74, 6) is 1.13. The van der Waals surface area contributed by atoms with Gasteiger partial charge < -0.3 is 25.4 Å². The first-order valence-electron chi connectivity index (χ1n) is 17.0. The van der Waals surface area contributed by atoms with Crippen molar-refractivity contribution in [2.45, 2.75) is 39.5 Å². The van der Waals surface area contributed by atoms with E-state index in [1.165, 1.54) is 0 Å². The molecule has 2 amide bonds. The van der Waals surface area contributed by atoms with Gasteiger partial charge in [-0.15, -0.1) is 0 Å². The van der Waals surface area contributed by atoms with Crippen LogP contribution in [0.25, 0.3) is 27.5 Å². The maximum absolute atomic E-state index is 13.0. The highest BCUT2D eigenvalue weighted by Crippen LogP contribution is 2.29. The molecule has 0 radical (unpaired) electrons. The molecule has 0 fully saturated rings. The predicted octanol–water partition coefficient (Wildman–Crippen LogP) is 9.15. The summed E-state index contributed by atoms with van der Waals surface area (Å²) in [6, 6.07) is 40.9. The number of hydrogen-bond donors (Lipinski definition) is 3. The Balaban J connectivity index is 1.00. The third-order valence-corrected chi connectivity index (χ3v) is 8.19. The molecule has 0 saturated heterocycles. The topological polar surface area (TPSA) is 119 Å². The van der Waals surface area contributed by atoms with Crippen molar-refractivity contribution < 1.29 is 19.1 Å². The number of nitrogens with zero attached hydrogens (tertiary/aromatic N) is 3. The summed E-state index contributed by atoms with van der Waals surface area (Å²) in [7, 11) is 0. The van der Waals surface area contributed by atoms with Gasteiger partial charge in [-0.2, -0.15) is 5.10 Å². The van der Waals surface area contributed by atoms with Gasteiger partial charge in [-0.05, 0) is 109 Å². The number of rotatable bonds is 10. The highest BCUT2D eigenvalue weighted by Gasteiger charge is 2.16. The van der Waals surface area contributed by atoms with E-state index in [1.54, 1.807) is 35.0 Å². The number of anilines is 3. The molecule has 260 valence electrons. The summed E-state index contributed by atoms with van der Waals surface area (Å²) in [4.78, 5) is 29.8. The molecule has 5 aromatic carbocycles. The van der Waals surface area contributed by atoms with Crippen LogP contribution in [-0.2, 0) is 17.9 Å². The first-order valence-corrected chi connectivity index (χ1v) is 17.0. The Labute approximate surface area is 301 Å². The molecule has 52 heavy (non-hydrogen) atoms. The number of alkyl carbamates (subject to hydrolysis) is 1. The molecule has 10 heteroatoms. The van der Waals surface area contributed by atoms with Crippen molar-refractivity contribution in [1.29, 1.82) is 0 Å². The molecule has 7 rings (SSSR count). The van der Waals surface area contributed by atoms with Gasteiger partial charge in [0.1, 0.15) is 18.0 Å². The van der Waals surface area contributed by atoms with Gasteiger partial charge in [0.15, 0.2) is 0 Å². The predicted molar refractivity (Wildman–Crippen MR) is 204 cm³/mol. The Hall–Kier alpha value is -6.68. The number of carbonyl (C=O) groups excluding carboxylic acids is 2. The Kier molecular flexibility index (Phi) is 9.53. The monoisotopic (exact) mass is 690 g/mol. The molecule has 0 atom stereocenters. The van der Waals surface area contributed by atoms with Crippen LogP contribution in [0, 0.1) is 0 Å². The Bertz CT molecular complexity index is 2350. The molecule has 10 nitrogen and oxygen atoms in total. The van der Waals surface area contributed by atoms with Crippen molar-refractivity contribution in [3.05, 3.63) is 150 Å². The molecule has 7 aromatic rings. The van der Waals surface area contributed by atoms with Crippen molar-refractivity contribution in [1.82, 2.24) is 19.9 Å². The Morgan fingerprint density at radius 3 is 2.25 bits per heavy atom. The standard InChI is InChI=1S/C42H38N6O4/c1-42(2,3)52-41(50)43-26-28-9-11-30(12-10-28)39(49)45-34-16-18-35(19-17-34)46-40-47-38(25-36-21-22-44-48(36)40)33-14-13-32-24-37(20-15-31(32)23-33)51-27-29-7-5-4-6-8-29/h4-25H,26-27H2,1-3H3,(H,43,50)(H,45,49)(H,46,47). The van der Waals surface area contributed by atoms with Crippen LogP contribution in [0.3, 0.4) is 0 Å². The average Bonchev–Trinajstić information content (AvgIpc) is 3.63. The highest BCUT2D eigenvalue weighted by molar-refractivity contribution is 6.04. The Morgan fingerprint density at radius 1 is 0.750 bits per heavy atom. The summed E-state index contributed by atoms with van der Waals surface area (Å²) in [5, 5.41) is 15.7. The fourth-order valence-corrected chi connectivity index (χ4v) is 5.61. The van der Waals surface area contributed by atoms with Gasteiger partial charge in [0, 0.05) is 29.0 Å². The van der Waals surface area contributed by atoms with Crippen LogP contribution in [0.5, 0.6) is 5.75 Å². The maximum atomic E-state index is 13.0. The van der Waals surface area contributed by atoms with Crippen molar-refractivity contribution in [2.24, 2.45) is 0 Å². The van der Waals surface area contributed by atoms with Crippen LogP contribution in [0.1, 0.15) is 42.3 Å². The molecule has 0 aliphatic heterocycles. The van der Waals surface area contributed by atoms with E-state index >= 15 is 0 Å². The van der Waals surface area contributed by atoms with Gasteiger partial charge in [0.2, 0.25) is 5.95 Å². The molecule has 0 spiro atoms. The van der Waals surface area contributed by atoms with Gasteiger partial charge >= 0.3 is 6.09 Å². The zero-order valence-corrected chi connectivity index (χ0v) is 29.1. The quantitative estimate of drug-likeness (QED) is 0.131. The van der Waals surface area contributed by atoms with Gasteiger partial charge in [-0.1, -0.05) is 60.7 Å². The lowest BCUT2D eigenvalue weighted by Gasteiger charge is -2.19. The van der Waals surface area contributed by atoms with Crippen LogP contribution in [0.4, 0.5) is 22.1 Å². The van der Waals surface area contributed by atoms with E-state index in [9.17, 15) is 9.59 Å². The van der Waals surface area contributed by atoms with Gasteiger partial charge in [0.05, 0.1) is 17.4 Å². The van der Waals surface area contributed by atoms with Crippen LogP contribution < -0.4 is 20.7 Å². The highest BCUT2D eigenvalue weighted by atomic mass is 16.6. The van der Waals surface area contributed by atoms with Crippen molar-refractivity contribution in [2.75, 3.05) is 10.6 Å². The molecule has 2 heterocycles. The number of carbonyl (C=O) groups is 2. The van der Waals surface area contributed by atoms with Crippen LogP contribution in [0.15, 0.2) is 134 Å². The fraction of sp³-hybridized carbons (Fsp3) is 0.143. The second-order valence-corrected chi connectivity index (χ2v) is 13.3. The summed E-state index contributed by atoms with van der Waals surface area (Å²) in [5.41, 5.74) is 5.99. The van der Waals surface area contributed by atoms with Crippen molar-refractivity contribution in [3.8, 4) is 17.0 Å². The van der Waals surface area contributed by atoms with Crippen molar-refractivity contribution >= 4 is 45.6 Å². The molecule has 0 saturated carbocycles. The maximum Gasteiger partial charge on any atom is 0.407 e. The van der Waals surface area contributed by atoms with E-state index in [0.717, 1.165) is 50.1 Å². The van der Waals surface area contributed by atoms with E-state index in [1.807, 2.05) is 81.4 Å². The number of benzene rings is 5. The average molecular weight is 691 g/mol. The van der Waals surface area contributed by atoms with Crippen LogP contribution in [0.2, 0.25) is 0 Å². The Morgan fingerprint density at radius 2 is 1.48 bits per heavy atom.